The lowest BCUT2D eigenvalue weighted by atomic mass is 9.95. The van der Waals surface area contributed by atoms with Gasteiger partial charge in [-0.05, 0) is 47.5 Å². The van der Waals surface area contributed by atoms with Gasteiger partial charge in [-0.3, -0.25) is 4.98 Å². The van der Waals surface area contributed by atoms with Crippen molar-refractivity contribution in [3.05, 3.63) is 199 Å². The van der Waals surface area contributed by atoms with Gasteiger partial charge in [0.2, 0.25) is 5.69 Å². The van der Waals surface area contributed by atoms with E-state index in [-0.39, 0.29) is 0 Å². The molecule has 8 aromatic carbocycles. The third-order valence-corrected chi connectivity index (χ3v) is 11.0. The maximum Gasteiger partial charge on any atom is 0.215 e. The molecule has 0 aliphatic heterocycles. The van der Waals surface area contributed by atoms with Crippen LogP contribution in [0.25, 0.3) is 110 Å². The van der Waals surface area contributed by atoms with Gasteiger partial charge in [0.05, 0.1) is 51.2 Å². The van der Waals surface area contributed by atoms with Crippen LogP contribution in [0.5, 0.6) is 0 Å². The Morgan fingerprint density at radius 1 is 0.386 bits per heavy atom. The molecule has 0 amide bonds. The van der Waals surface area contributed by atoms with Gasteiger partial charge in [-0.25, -0.2) is 14.8 Å². The first-order valence-corrected chi connectivity index (χ1v) is 19.0. The summed E-state index contributed by atoms with van der Waals surface area (Å²) in [5.74, 6) is 0. The molecule has 5 nitrogen and oxygen atoms in total. The highest BCUT2D eigenvalue weighted by molar-refractivity contribution is 6.23. The van der Waals surface area contributed by atoms with Gasteiger partial charge >= 0.3 is 0 Å². The zero-order chi connectivity index (χ0) is 37.9. The van der Waals surface area contributed by atoms with Crippen LogP contribution in [0.15, 0.2) is 188 Å². The Balaban J connectivity index is 1.06. The fraction of sp³-hybridized carbons (Fsp3) is 0. The third kappa shape index (κ3) is 5.27. The maximum absolute atomic E-state index is 8.33. The molecule has 0 N–H and O–H groups in total. The van der Waals surface area contributed by atoms with Crippen molar-refractivity contribution in [2.45, 2.75) is 0 Å². The highest BCUT2D eigenvalue weighted by atomic mass is 15.0. The summed E-state index contributed by atoms with van der Waals surface area (Å²) in [5, 5.41) is 5.28. The molecule has 0 saturated carbocycles. The van der Waals surface area contributed by atoms with E-state index < -0.39 is 0 Å². The van der Waals surface area contributed by atoms with Gasteiger partial charge in [-0.15, -0.1) is 0 Å². The SMILES string of the molecule is [C-]#[N+]c1cc2c(-c3ccc(-c4ccc(-n5c6ccccc6c6ccccc65)cc4)cc3)nc3ccccc3c2c2nc(-c3ccccc3)c(-c3ccccc3)nc12. The highest BCUT2D eigenvalue weighted by Crippen LogP contribution is 2.43. The first-order chi connectivity index (χ1) is 28.2. The average molecular weight is 726 g/mol. The van der Waals surface area contributed by atoms with Crippen molar-refractivity contribution in [2.75, 3.05) is 0 Å². The van der Waals surface area contributed by atoms with Gasteiger partial charge in [0.25, 0.3) is 0 Å². The summed E-state index contributed by atoms with van der Waals surface area (Å²) < 4.78 is 2.34. The monoisotopic (exact) mass is 725 g/mol. The second-order valence-corrected chi connectivity index (χ2v) is 14.3. The molecule has 0 fully saturated rings. The summed E-state index contributed by atoms with van der Waals surface area (Å²) in [6.07, 6.45) is 0. The zero-order valence-corrected chi connectivity index (χ0v) is 30.6. The van der Waals surface area contributed by atoms with E-state index in [4.69, 9.17) is 21.5 Å². The summed E-state index contributed by atoms with van der Waals surface area (Å²) in [7, 11) is 0. The van der Waals surface area contributed by atoms with Crippen molar-refractivity contribution in [1.29, 1.82) is 0 Å². The van der Waals surface area contributed by atoms with Crippen LogP contribution in [0.4, 0.5) is 5.69 Å². The van der Waals surface area contributed by atoms with Crippen LogP contribution in [0, 0.1) is 6.57 Å². The molecule has 3 aromatic heterocycles. The molecular weight excluding hydrogens is 695 g/mol. The van der Waals surface area contributed by atoms with Gasteiger partial charge in [-0.1, -0.05) is 152 Å². The van der Waals surface area contributed by atoms with Gasteiger partial charge in [0.1, 0.15) is 0 Å². The Hall–Kier alpha value is -7.94. The molecule has 0 radical (unpaired) electrons. The lowest BCUT2D eigenvalue weighted by Crippen LogP contribution is -1.98. The van der Waals surface area contributed by atoms with E-state index in [2.05, 4.69) is 125 Å². The van der Waals surface area contributed by atoms with Crippen LogP contribution in [-0.4, -0.2) is 19.5 Å². The minimum Gasteiger partial charge on any atom is -0.309 e. The summed E-state index contributed by atoms with van der Waals surface area (Å²) in [6, 6.07) is 64.9. The molecule has 0 unspecified atom stereocenters. The van der Waals surface area contributed by atoms with Crippen LogP contribution >= 0.6 is 0 Å². The summed E-state index contributed by atoms with van der Waals surface area (Å²) >= 11 is 0. The lowest BCUT2D eigenvalue weighted by molar-refractivity contribution is 1.18. The minimum atomic E-state index is 0.445. The largest absolute Gasteiger partial charge is 0.309 e. The second-order valence-electron chi connectivity index (χ2n) is 14.3. The molecule has 0 saturated heterocycles. The maximum atomic E-state index is 8.33. The normalized spacial score (nSPS) is 11.5. The molecule has 5 heteroatoms. The van der Waals surface area contributed by atoms with Crippen LogP contribution in [0.2, 0.25) is 0 Å². The Labute approximate surface area is 328 Å². The van der Waals surface area contributed by atoms with Crippen LogP contribution in [0.1, 0.15) is 0 Å². The fourth-order valence-corrected chi connectivity index (χ4v) is 8.34. The van der Waals surface area contributed by atoms with Crippen LogP contribution in [0.3, 0.4) is 0 Å². The molecular formula is C52H31N5. The zero-order valence-electron chi connectivity index (χ0n) is 30.6. The topological polar surface area (TPSA) is 48.0 Å². The highest BCUT2D eigenvalue weighted by Gasteiger charge is 2.21. The Morgan fingerprint density at radius 3 is 1.46 bits per heavy atom. The number of fused-ring (bicyclic) bond motifs is 8. The standard InChI is InChI=1S/C52H31N5/c1-53-44-32-42-47(52-51(44)55-49(35-14-4-2-5-15-35)50(56-52)36-16-6-3-7-17-36)41-20-8-11-21-43(41)54-48(42)37-26-24-33(25-27-37)34-28-30-38(31-29-34)57-45-22-12-9-18-39(45)40-19-10-13-23-46(40)57/h2-32H. The van der Waals surface area contributed by atoms with Gasteiger partial charge < -0.3 is 4.57 Å². The number of hydrogen-bond donors (Lipinski definition) is 0. The average Bonchev–Trinajstić information content (AvgIpc) is 3.63. The first kappa shape index (κ1) is 32.5. The van der Waals surface area contributed by atoms with E-state index in [1.165, 1.54) is 21.8 Å². The van der Waals surface area contributed by atoms with E-state index in [0.29, 0.717) is 16.7 Å². The molecule has 0 spiro atoms. The van der Waals surface area contributed by atoms with E-state index >= 15 is 0 Å². The van der Waals surface area contributed by atoms with E-state index in [1.807, 2.05) is 72.8 Å². The van der Waals surface area contributed by atoms with E-state index in [1.54, 1.807) is 0 Å². The second kappa shape index (κ2) is 13.1. The molecule has 0 aliphatic carbocycles. The quantitative estimate of drug-likeness (QED) is 0.131. The summed E-state index contributed by atoms with van der Waals surface area (Å²) in [5.41, 5.74) is 13.5. The van der Waals surface area contributed by atoms with Crippen LogP contribution in [-0.2, 0) is 0 Å². The van der Waals surface area contributed by atoms with Gasteiger partial charge in [0.15, 0.2) is 0 Å². The number of benzene rings is 8. The minimum absolute atomic E-state index is 0.445. The molecule has 3 heterocycles. The summed E-state index contributed by atoms with van der Waals surface area (Å²) in [4.78, 5) is 19.9. The third-order valence-electron chi connectivity index (χ3n) is 11.0. The molecule has 57 heavy (non-hydrogen) atoms. The predicted molar refractivity (Wildman–Crippen MR) is 235 cm³/mol. The van der Waals surface area contributed by atoms with Gasteiger partial charge in [-0.2, -0.15) is 0 Å². The Kier molecular flexibility index (Phi) is 7.48. The van der Waals surface area contributed by atoms with Crippen molar-refractivity contribution < 1.29 is 0 Å². The van der Waals surface area contributed by atoms with Crippen molar-refractivity contribution in [3.8, 4) is 50.6 Å². The Morgan fingerprint density at radius 2 is 0.860 bits per heavy atom. The molecule has 264 valence electrons. The lowest BCUT2D eigenvalue weighted by Gasteiger charge is -2.16. The van der Waals surface area contributed by atoms with Gasteiger partial charge in [0, 0.05) is 49.3 Å². The first-order valence-electron chi connectivity index (χ1n) is 19.0. The number of hydrogen-bond acceptors (Lipinski definition) is 3. The molecule has 0 aliphatic rings. The van der Waals surface area contributed by atoms with Crippen molar-refractivity contribution in [2.24, 2.45) is 0 Å². The van der Waals surface area contributed by atoms with Crippen molar-refractivity contribution in [3.63, 3.8) is 0 Å². The fourth-order valence-electron chi connectivity index (χ4n) is 8.34. The number of para-hydroxylation sites is 3. The molecule has 11 rings (SSSR count). The summed E-state index contributed by atoms with van der Waals surface area (Å²) in [6.45, 7) is 8.33. The van der Waals surface area contributed by atoms with E-state index in [9.17, 15) is 0 Å². The number of rotatable bonds is 5. The Bertz CT molecular complexity index is 3330. The number of pyridine rings is 1. The van der Waals surface area contributed by atoms with Crippen molar-refractivity contribution >= 4 is 60.2 Å². The van der Waals surface area contributed by atoms with E-state index in [0.717, 1.165) is 72.3 Å². The number of nitrogens with zero attached hydrogens (tertiary/aromatic N) is 5. The van der Waals surface area contributed by atoms with Crippen molar-refractivity contribution in [1.82, 2.24) is 19.5 Å². The molecule has 0 atom stereocenters. The molecule has 11 aromatic rings. The molecule has 0 bridgehead atoms. The predicted octanol–water partition coefficient (Wildman–Crippen LogP) is 13.6. The number of aromatic nitrogens is 4. The van der Waals surface area contributed by atoms with Crippen LogP contribution < -0.4 is 0 Å². The smallest absolute Gasteiger partial charge is 0.215 e.